The normalized spacial score (nSPS) is 10.5. The van der Waals surface area contributed by atoms with Gasteiger partial charge >= 0.3 is 0 Å². The molecule has 1 aromatic carbocycles. The summed E-state index contributed by atoms with van der Waals surface area (Å²) in [6.07, 6.45) is 1.74. The molecule has 2 rings (SSSR count). The van der Waals surface area contributed by atoms with E-state index in [0.29, 0.717) is 17.1 Å². The highest BCUT2D eigenvalue weighted by molar-refractivity contribution is 7.17. The fraction of sp³-hybridized carbons (Fsp3) is 0.353. The van der Waals surface area contributed by atoms with Crippen molar-refractivity contribution in [1.82, 2.24) is 5.32 Å². The number of benzene rings is 1. The first kappa shape index (κ1) is 16.4. The van der Waals surface area contributed by atoms with Crippen molar-refractivity contribution in [2.24, 2.45) is 0 Å². The van der Waals surface area contributed by atoms with Crippen molar-refractivity contribution < 1.29 is 9.53 Å². The maximum Gasteiger partial charge on any atom is 0.254 e. The summed E-state index contributed by atoms with van der Waals surface area (Å²) in [5.41, 5.74) is 8.65. The van der Waals surface area contributed by atoms with Gasteiger partial charge in [-0.3, -0.25) is 4.79 Å². The fourth-order valence-corrected chi connectivity index (χ4v) is 3.39. The molecule has 0 spiro atoms. The lowest BCUT2D eigenvalue weighted by atomic mass is 9.99. The highest BCUT2D eigenvalue weighted by Crippen LogP contribution is 2.39. The van der Waals surface area contributed by atoms with Gasteiger partial charge in [-0.05, 0) is 30.5 Å². The van der Waals surface area contributed by atoms with Gasteiger partial charge in [0.05, 0.1) is 17.7 Å². The Hall–Kier alpha value is -2.01. The van der Waals surface area contributed by atoms with E-state index in [9.17, 15) is 4.79 Å². The molecule has 118 valence electrons. The van der Waals surface area contributed by atoms with Gasteiger partial charge in [-0.2, -0.15) is 0 Å². The number of carbonyl (C=O) groups is 1. The summed E-state index contributed by atoms with van der Waals surface area (Å²) < 4.78 is 5.20. The zero-order valence-corrected chi connectivity index (χ0v) is 14.0. The van der Waals surface area contributed by atoms with Gasteiger partial charge in [-0.1, -0.05) is 26.0 Å². The third kappa shape index (κ3) is 3.25. The van der Waals surface area contributed by atoms with Gasteiger partial charge < -0.3 is 15.8 Å². The third-order valence-electron chi connectivity index (χ3n) is 3.47. The Balaban J connectivity index is 2.49. The van der Waals surface area contributed by atoms with E-state index in [1.807, 2.05) is 31.2 Å². The van der Waals surface area contributed by atoms with Crippen LogP contribution >= 0.6 is 11.3 Å². The Morgan fingerprint density at radius 1 is 1.27 bits per heavy atom. The van der Waals surface area contributed by atoms with Crippen LogP contribution in [0.25, 0.3) is 11.1 Å². The smallest absolute Gasteiger partial charge is 0.254 e. The monoisotopic (exact) mass is 318 g/mol. The number of aryl methyl sites for hydroxylation is 1. The molecule has 3 N–H and O–H groups in total. The maximum absolute atomic E-state index is 12.5. The van der Waals surface area contributed by atoms with Crippen molar-refractivity contribution in [3.8, 4) is 16.9 Å². The van der Waals surface area contributed by atoms with Crippen LogP contribution in [0, 0.1) is 0 Å². The predicted molar refractivity (Wildman–Crippen MR) is 92.7 cm³/mol. The van der Waals surface area contributed by atoms with Gasteiger partial charge in [0.15, 0.2) is 0 Å². The minimum absolute atomic E-state index is 0.0962. The van der Waals surface area contributed by atoms with Crippen molar-refractivity contribution in [2.45, 2.75) is 26.7 Å². The highest BCUT2D eigenvalue weighted by Gasteiger charge is 2.22. The standard InChI is InChI=1S/C17H22N2O2S/c1-4-10-19-17(20)15-14(13(5-2)22-16(15)18)11-6-8-12(21-3)9-7-11/h6-9H,4-5,10,18H2,1-3H3,(H,19,20). The van der Waals surface area contributed by atoms with Crippen LogP contribution in [-0.4, -0.2) is 19.6 Å². The molecule has 0 aliphatic rings. The Kier molecular flexibility index (Phi) is 5.44. The lowest BCUT2D eigenvalue weighted by Crippen LogP contribution is -2.24. The van der Waals surface area contributed by atoms with Crippen LogP contribution in [-0.2, 0) is 6.42 Å². The second-order valence-electron chi connectivity index (χ2n) is 4.98. The molecule has 0 bridgehead atoms. The first-order chi connectivity index (χ1) is 10.6. The van der Waals surface area contributed by atoms with E-state index in [0.717, 1.165) is 34.6 Å². The lowest BCUT2D eigenvalue weighted by molar-refractivity contribution is 0.0955. The van der Waals surface area contributed by atoms with Crippen LogP contribution in [0.1, 0.15) is 35.5 Å². The van der Waals surface area contributed by atoms with Crippen LogP contribution in [0.2, 0.25) is 0 Å². The SMILES string of the molecule is CCCNC(=O)c1c(N)sc(CC)c1-c1ccc(OC)cc1. The molecule has 1 heterocycles. The molecule has 1 aromatic heterocycles. The van der Waals surface area contributed by atoms with Crippen LogP contribution < -0.4 is 15.8 Å². The first-order valence-electron chi connectivity index (χ1n) is 7.46. The summed E-state index contributed by atoms with van der Waals surface area (Å²) in [5.74, 6) is 0.697. The van der Waals surface area contributed by atoms with E-state index >= 15 is 0 Å². The molecule has 1 amide bonds. The van der Waals surface area contributed by atoms with Gasteiger partial charge in [0.1, 0.15) is 5.75 Å². The van der Waals surface area contributed by atoms with E-state index in [1.165, 1.54) is 11.3 Å². The third-order valence-corrected chi connectivity index (χ3v) is 4.63. The number of anilines is 1. The summed E-state index contributed by atoms with van der Waals surface area (Å²) in [6.45, 7) is 4.75. The molecule has 22 heavy (non-hydrogen) atoms. The van der Waals surface area contributed by atoms with Gasteiger partial charge in [-0.25, -0.2) is 0 Å². The molecule has 0 radical (unpaired) electrons. The molecular weight excluding hydrogens is 296 g/mol. The van der Waals surface area contributed by atoms with Crippen LogP contribution in [0.15, 0.2) is 24.3 Å². The molecule has 0 fully saturated rings. The zero-order valence-electron chi connectivity index (χ0n) is 13.2. The summed E-state index contributed by atoms with van der Waals surface area (Å²) in [5, 5.41) is 3.50. The largest absolute Gasteiger partial charge is 0.497 e. The number of hydrogen-bond acceptors (Lipinski definition) is 4. The van der Waals surface area contributed by atoms with Crippen LogP contribution in [0.3, 0.4) is 0 Å². The van der Waals surface area contributed by atoms with E-state index < -0.39 is 0 Å². The molecule has 0 aliphatic carbocycles. The van der Waals surface area contributed by atoms with Gasteiger partial charge in [0.2, 0.25) is 0 Å². The molecule has 5 heteroatoms. The topological polar surface area (TPSA) is 64.4 Å². The van der Waals surface area contributed by atoms with Crippen LogP contribution in [0.4, 0.5) is 5.00 Å². The van der Waals surface area contributed by atoms with Crippen molar-refractivity contribution in [3.63, 3.8) is 0 Å². The summed E-state index contributed by atoms with van der Waals surface area (Å²) in [4.78, 5) is 13.6. The Labute approximate surface area is 135 Å². The number of carbonyl (C=O) groups excluding carboxylic acids is 1. The van der Waals surface area contributed by atoms with Crippen molar-refractivity contribution in [1.29, 1.82) is 0 Å². The highest BCUT2D eigenvalue weighted by atomic mass is 32.1. The van der Waals surface area contributed by atoms with E-state index in [-0.39, 0.29) is 5.91 Å². The molecule has 0 aliphatic heterocycles. The quantitative estimate of drug-likeness (QED) is 0.853. The molecule has 0 unspecified atom stereocenters. The van der Waals surface area contributed by atoms with Crippen molar-refractivity contribution in [3.05, 3.63) is 34.7 Å². The first-order valence-corrected chi connectivity index (χ1v) is 8.27. The zero-order chi connectivity index (χ0) is 16.1. The number of amides is 1. The number of thiophene rings is 1. The van der Waals surface area contributed by atoms with Gasteiger partial charge in [-0.15, -0.1) is 11.3 Å². The molecule has 2 aromatic rings. The Morgan fingerprint density at radius 3 is 2.50 bits per heavy atom. The lowest BCUT2D eigenvalue weighted by Gasteiger charge is -2.09. The van der Waals surface area contributed by atoms with E-state index in [1.54, 1.807) is 7.11 Å². The Bertz CT molecular complexity index is 647. The van der Waals surface area contributed by atoms with Crippen LogP contribution in [0.5, 0.6) is 5.75 Å². The average Bonchev–Trinajstić information content (AvgIpc) is 2.89. The van der Waals surface area contributed by atoms with Crippen molar-refractivity contribution in [2.75, 3.05) is 19.4 Å². The van der Waals surface area contributed by atoms with Gasteiger partial charge in [0, 0.05) is 17.0 Å². The molecule has 4 nitrogen and oxygen atoms in total. The summed E-state index contributed by atoms with van der Waals surface area (Å²) in [7, 11) is 1.64. The summed E-state index contributed by atoms with van der Waals surface area (Å²) in [6, 6.07) is 7.74. The molecular formula is C17H22N2O2S. The number of rotatable bonds is 6. The van der Waals surface area contributed by atoms with Gasteiger partial charge in [0.25, 0.3) is 5.91 Å². The number of ether oxygens (including phenoxy) is 1. The number of nitrogens with two attached hydrogens (primary N) is 1. The number of nitrogen functional groups attached to an aromatic ring is 1. The molecule has 0 atom stereocenters. The van der Waals surface area contributed by atoms with Crippen molar-refractivity contribution >= 4 is 22.2 Å². The second kappa shape index (κ2) is 7.31. The predicted octanol–water partition coefficient (Wildman–Crippen LogP) is 3.71. The number of hydrogen-bond donors (Lipinski definition) is 2. The number of nitrogens with one attached hydrogen (secondary N) is 1. The fourth-order valence-electron chi connectivity index (χ4n) is 2.36. The minimum atomic E-state index is -0.0962. The van der Waals surface area contributed by atoms with E-state index in [4.69, 9.17) is 10.5 Å². The van der Waals surface area contributed by atoms with E-state index in [2.05, 4.69) is 12.2 Å². The number of methoxy groups -OCH3 is 1. The minimum Gasteiger partial charge on any atom is -0.497 e. The maximum atomic E-state index is 12.5. The summed E-state index contributed by atoms with van der Waals surface area (Å²) >= 11 is 1.49. The second-order valence-corrected chi connectivity index (χ2v) is 6.11. The average molecular weight is 318 g/mol. The molecule has 0 saturated carbocycles. The molecule has 0 saturated heterocycles. The Morgan fingerprint density at radius 2 is 1.95 bits per heavy atom.